The van der Waals surface area contributed by atoms with Crippen LogP contribution in [0.3, 0.4) is 0 Å². The van der Waals surface area contributed by atoms with Gasteiger partial charge in [0.1, 0.15) is 5.01 Å². The second kappa shape index (κ2) is 9.98. The number of carbonyl (C=O) groups excluding carboxylic acids is 2. The number of anilines is 2. The first kappa shape index (κ1) is 20.7. The number of benzene rings is 2. The van der Waals surface area contributed by atoms with E-state index in [0.717, 1.165) is 11.3 Å². The molecule has 3 amide bonds. The number of methoxy groups -OCH3 is 1. The maximum absolute atomic E-state index is 12.0. The summed E-state index contributed by atoms with van der Waals surface area (Å²) >= 11 is 1.09. The van der Waals surface area contributed by atoms with Crippen molar-refractivity contribution in [2.24, 2.45) is 5.10 Å². The van der Waals surface area contributed by atoms with E-state index >= 15 is 0 Å². The predicted molar refractivity (Wildman–Crippen MR) is 113 cm³/mol. The van der Waals surface area contributed by atoms with Gasteiger partial charge in [0.05, 0.1) is 19.7 Å². The summed E-state index contributed by atoms with van der Waals surface area (Å²) in [5.41, 5.74) is 3.66. The number of phenolic OH excluding ortho intramolecular Hbond substituents is 1. The van der Waals surface area contributed by atoms with Crippen molar-refractivity contribution in [1.29, 1.82) is 0 Å². The van der Waals surface area contributed by atoms with Crippen molar-refractivity contribution in [3.8, 4) is 11.5 Å². The quantitative estimate of drug-likeness (QED) is 0.338. The average Bonchev–Trinajstić information content (AvgIpc) is 3.16. The normalized spacial score (nSPS) is 10.6. The average molecular weight is 426 g/mol. The molecule has 0 fully saturated rings. The lowest BCUT2D eigenvalue weighted by Gasteiger charge is -2.04. The number of carbonyl (C=O) groups is 2. The Morgan fingerprint density at radius 1 is 1.17 bits per heavy atom. The lowest BCUT2D eigenvalue weighted by atomic mass is 10.2. The molecule has 0 spiro atoms. The third-order valence-electron chi connectivity index (χ3n) is 3.64. The molecule has 1 heterocycles. The van der Waals surface area contributed by atoms with E-state index in [-0.39, 0.29) is 17.3 Å². The molecule has 0 aliphatic heterocycles. The van der Waals surface area contributed by atoms with Gasteiger partial charge in [0.15, 0.2) is 11.5 Å². The first-order valence-electron chi connectivity index (χ1n) is 8.68. The maximum Gasteiger partial charge on any atom is 0.325 e. The van der Waals surface area contributed by atoms with Crippen molar-refractivity contribution >= 4 is 40.3 Å². The number of aromatic nitrogens is 2. The molecule has 2 aromatic carbocycles. The summed E-state index contributed by atoms with van der Waals surface area (Å²) in [6.45, 7) is 0. The number of hydrazone groups is 1. The first-order valence-corrected chi connectivity index (χ1v) is 9.49. The van der Waals surface area contributed by atoms with Crippen LogP contribution in [-0.2, 0) is 11.2 Å². The van der Waals surface area contributed by atoms with Crippen LogP contribution in [-0.4, -0.2) is 40.6 Å². The highest BCUT2D eigenvalue weighted by atomic mass is 32.1. The van der Waals surface area contributed by atoms with Gasteiger partial charge in [-0.3, -0.25) is 10.1 Å². The molecule has 0 saturated carbocycles. The Labute approximate surface area is 175 Å². The van der Waals surface area contributed by atoms with E-state index in [1.54, 1.807) is 36.4 Å². The number of ether oxygens (including phenoxy) is 1. The fraction of sp³-hybridized carbons (Fsp3) is 0.105. The van der Waals surface area contributed by atoms with Gasteiger partial charge in [-0.15, -0.1) is 10.2 Å². The van der Waals surface area contributed by atoms with Crippen LogP contribution in [0.5, 0.6) is 11.5 Å². The van der Waals surface area contributed by atoms with Crippen molar-refractivity contribution in [2.75, 3.05) is 17.7 Å². The van der Waals surface area contributed by atoms with E-state index in [1.807, 2.05) is 6.07 Å². The summed E-state index contributed by atoms with van der Waals surface area (Å²) in [4.78, 5) is 24.0. The molecule has 0 saturated heterocycles. The van der Waals surface area contributed by atoms with E-state index in [2.05, 4.69) is 31.4 Å². The van der Waals surface area contributed by atoms with Gasteiger partial charge >= 0.3 is 6.03 Å². The predicted octanol–water partition coefficient (Wildman–Crippen LogP) is 2.59. The van der Waals surface area contributed by atoms with E-state index < -0.39 is 11.9 Å². The van der Waals surface area contributed by atoms with Crippen LogP contribution >= 0.6 is 11.3 Å². The van der Waals surface area contributed by atoms with Gasteiger partial charge < -0.3 is 15.2 Å². The fourth-order valence-corrected chi connectivity index (χ4v) is 3.02. The summed E-state index contributed by atoms with van der Waals surface area (Å²) < 4.78 is 5.01. The van der Waals surface area contributed by atoms with Crippen molar-refractivity contribution < 1.29 is 19.4 Å². The van der Waals surface area contributed by atoms with Gasteiger partial charge in [0, 0.05) is 5.69 Å². The van der Waals surface area contributed by atoms with Crippen LogP contribution < -0.4 is 20.8 Å². The Kier molecular flexibility index (Phi) is 6.90. The number of nitrogens with zero attached hydrogens (tertiary/aromatic N) is 3. The molecule has 154 valence electrons. The Balaban J connectivity index is 1.48. The molecule has 30 heavy (non-hydrogen) atoms. The van der Waals surface area contributed by atoms with Crippen LogP contribution in [0, 0.1) is 0 Å². The Morgan fingerprint density at radius 3 is 2.73 bits per heavy atom. The standard InChI is InChI=1S/C19H18N6O4S/c1-29-15-9-12(7-8-14(15)26)11-20-23-16(27)10-17-24-25-19(30-17)22-18(28)21-13-5-3-2-4-6-13/h2-9,11,26H,10H2,1H3,(H,23,27)(H2,21,22,25,28). The molecule has 0 bridgehead atoms. The Morgan fingerprint density at radius 2 is 1.97 bits per heavy atom. The van der Waals surface area contributed by atoms with Gasteiger partial charge in [-0.2, -0.15) is 5.10 Å². The number of nitrogens with one attached hydrogen (secondary N) is 3. The summed E-state index contributed by atoms with van der Waals surface area (Å²) in [6, 6.07) is 13.2. The third kappa shape index (κ3) is 6.01. The van der Waals surface area contributed by atoms with Crippen LogP contribution in [0.1, 0.15) is 10.6 Å². The monoisotopic (exact) mass is 426 g/mol. The molecule has 3 rings (SSSR count). The number of hydrogen-bond donors (Lipinski definition) is 4. The summed E-state index contributed by atoms with van der Waals surface area (Å²) in [7, 11) is 1.44. The molecule has 10 nitrogen and oxygen atoms in total. The molecular formula is C19H18N6O4S. The van der Waals surface area contributed by atoms with E-state index in [1.165, 1.54) is 19.4 Å². The van der Waals surface area contributed by atoms with Crippen LogP contribution in [0.2, 0.25) is 0 Å². The molecule has 0 unspecified atom stereocenters. The molecule has 1 aromatic heterocycles. The Hall–Kier alpha value is -3.99. The van der Waals surface area contributed by atoms with E-state index in [4.69, 9.17) is 4.74 Å². The minimum Gasteiger partial charge on any atom is -0.504 e. The maximum atomic E-state index is 12.0. The minimum atomic E-state index is -0.456. The topological polar surface area (TPSA) is 138 Å². The van der Waals surface area contributed by atoms with E-state index in [0.29, 0.717) is 22.0 Å². The van der Waals surface area contributed by atoms with Gasteiger partial charge in [-0.25, -0.2) is 10.2 Å². The van der Waals surface area contributed by atoms with Gasteiger partial charge in [0.2, 0.25) is 11.0 Å². The fourth-order valence-electron chi connectivity index (χ4n) is 2.29. The number of amides is 3. The SMILES string of the molecule is COc1cc(C=NNC(=O)Cc2nnc(NC(=O)Nc3ccccc3)s2)ccc1O. The number of urea groups is 1. The van der Waals surface area contributed by atoms with Crippen molar-refractivity contribution in [3.05, 3.63) is 59.1 Å². The highest BCUT2D eigenvalue weighted by molar-refractivity contribution is 7.15. The molecule has 0 radical (unpaired) electrons. The molecular weight excluding hydrogens is 408 g/mol. The van der Waals surface area contributed by atoms with Crippen LogP contribution in [0.25, 0.3) is 0 Å². The zero-order valence-corrected chi connectivity index (χ0v) is 16.6. The molecule has 0 aliphatic rings. The number of rotatable bonds is 7. The number of phenols is 1. The molecule has 11 heteroatoms. The highest BCUT2D eigenvalue weighted by Gasteiger charge is 2.11. The molecule has 0 atom stereocenters. The van der Waals surface area contributed by atoms with E-state index in [9.17, 15) is 14.7 Å². The van der Waals surface area contributed by atoms with Crippen molar-refractivity contribution in [1.82, 2.24) is 15.6 Å². The lowest BCUT2D eigenvalue weighted by Crippen LogP contribution is -2.19. The smallest absolute Gasteiger partial charge is 0.325 e. The molecule has 0 aliphatic carbocycles. The van der Waals surface area contributed by atoms with Gasteiger partial charge in [-0.05, 0) is 35.9 Å². The van der Waals surface area contributed by atoms with Crippen molar-refractivity contribution in [3.63, 3.8) is 0 Å². The first-order chi connectivity index (χ1) is 14.5. The number of hydrogen-bond acceptors (Lipinski definition) is 8. The summed E-state index contributed by atoms with van der Waals surface area (Å²) in [5, 5.41) is 27.1. The molecule has 4 N–H and O–H groups in total. The zero-order chi connectivity index (χ0) is 21.3. The lowest BCUT2D eigenvalue weighted by molar-refractivity contribution is -0.120. The Bertz CT molecular complexity index is 1050. The van der Waals surface area contributed by atoms with Crippen molar-refractivity contribution in [2.45, 2.75) is 6.42 Å². The van der Waals surface area contributed by atoms with Crippen LogP contribution in [0.15, 0.2) is 53.6 Å². The summed E-state index contributed by atoms with van der Waals surface area (Å²) in [6.07, 6.45) is 1.37. The van der Waals surface area contributed by atoms with Crippen LogP contribution in [0.4, 0.5) is 15.6 Å². The zero-order valence-electron chi connectivity index (χ0n) is 15.8. The number of para-hydroxylation sites is 1. The molecule has 3 aromatic rings. The second-order valence-corrected chi connectivity index (χ2v) is 6.91. The summed E-state index contributed by atoms with van der Waals surface area (Å²) in [5.74, 6) is -0.0827. The van der Waals surface area contributed by atoms with Gasteiger partial charge in [0.25, 0.3) is 0 Å². The minimum absolute atomic E-state index is 0.0109. The third-order valence-corrected chi connectivity index (χ3v) is 4.48. The second-order valence-electron chi connectivity index (χ2n) is 5.85. The van der Waals surface area contributed by atoms with Gasteiger partial charge in [-0.1, -0.05) is 29.5 Å². The number of aromatic hydroxyl groups is 1. The largest absolute Gasteiger partial charge is 0.504 e. The highest BCUT2D eigenvalue weighted by Crippen LogP contribution is 2.25.